The number of carbonyl (C=O) groups excluding carboxylic acids is 2. The summed E-state index contributed by atoms with van der Waals surface area (Å²) in [6, 6.07) is 1.97. The number of amides is 2. The molecule has 1 atom stereocenters. The van der Waals surface area contributed by atoms with E-state index in [1.165, 1.54) is 0 Å². The molecule has 2 amide bonds. The highest BCUT2D eigenvalue weighted by Gasteiger charge is 2.27. The number of carbonyl (C=O) groups is 2. The van der Waals surface area contributed by atoms with Crippen molar-refractivity contribution in [1.82, 2.24) is 10.2 Å². The Morgan fingerprint density at radius 3 is 2.87 bits per heavy atom. The fourth-order valence-corrected chi connectivity index (χ4v) is 3.29. The van der Waals surface area contributed by atoms with Gasteiger partial charge in [-0.1, -0.05) is 0 Å². The number of piperidine rings is 1. The van der Waals surface area contributed by atoms with Gasteiger partial charge in [0.1, 0.15) is 5.60 Å². The fourth-order valence-electron chi connectivity index (χ4n) is 2.62. The highest BCUT2D eigenvalue weighted by Crippen LogP contribution is 2.19. The van der Waals surface area contributed by atoms with Crippen molar-refractivity contribution < 1.29 is 14.3 Å². The van der Waals surface area contributed by atoms with E-state index in [9.17, 15) is 9.59 Å². The lowest BCUT2D eigenvalue weighted by atomic mass is 9.98. The molecule has 1 aliphatic heterocycles. The van der Waals surface area contributed by atoms with Crippen LogP contribution in [0.4, 0.5) is 4.79 Å². The third-order valence-electron chi connectivity index (χ3n) is 3.70. The van der Waals surface area contributed by atoms with Gasteiger partial charge >= 0.3 is 6.09 Å². The lowest BCUT2D eigenvalue weighted by Gasteiger charge is -2.34. The number of nitrogens with zero attached hydrogens (tertiary/aromatic N) is 1. The molecule has 128 valence electrons. The van der Waals surface area contributed by atoms with E-state index < -0.39 is 5.60 Å². The number of ether oxygens (including phenoxy) is 1. The number of likely N-dealkylation sites (tertiary alicyclic amines) is 1. The molecule has 0 aromatic carbocycles. The molecule has 0 radical (unpaired) electrons. The average Bonchev–Trinajstić information content (AvgIpc) is 2.96. The Labute approximate surface area is 142 Å². The van der Waals surface area contributed by atoms with E-state index in [1.54, 1.807) is 16.2 Å². The third kappa shape index (κ3) is 6.22. The Balaban J connectivity index is 1.75. The maximum Gasteiger partial charge on any atom is 0.410 e. The van der Waals surface area contributed by atoms with Crippen LogP contribution in [0, 0.1) is 5.92 Å². The van der Waals surface area contributed by atoms with Crippen molar-refractivity contribution in [2.45, 2.75) is 45.6 Å². The Morgan fingerprint density at radius 1 is 1.43 bits per heavy atom. The molecule has 6 heteroatoms. The second kappa shape index (κ2) is 7.81. The van der Waals surface area contributed by atoms with E-state index in [0.717, 1.165) is 24.9 Å². The van der Waals surface area contributed by atoms with Gasteiger partial charge in [-0.05, 0) is 61.9 Å². The van der Waals surface area contributed by atoms with Crippen LogP contribution < -0.4 is 5.32 Å². The summed E-state index contributed by atoms with van der Waals surface area (Å²) in [5.74, 6) is 0.334. The number of hydrogen-bond acceptors (Lipinski definition) is 4. The van der Waals surface area contributed by atoms with Gasteiger partial charge in [0.05, 0.1) is 6.42 Å². The molecule has 1 saturated heterocycles. The van der Waals surface area contributed by atoms with E-state index >= 15 is 0 Å². The molecular weight excluding hydrogens is 312 g/mol. The average molecular weight is 338 g/mol. The normalized spacial score (nSPS) is 18.6. The van der Waals surface area contributed by atoms with Gasteiger partial charge in [-0.3, -0.25) is 4.79 Å². The standard InChI is InChI=1S/C17H26N2O3S/c1-17(2,3)22-16(21)19-7-4-5-14(11-19)10-18-15(20)9-13-6-8-23-12-13/h6,8,12,14H,4-5,7,9-11H2,1-3H3,(H,18,20)/t14-/m0/s1. The van der Waals surface area contributed by atoms with Crippen LogP contribution in [0.15, 0.2) is 16.8 Å². The summed E-state index contributed by atoms with van der Waals surface area (Å²) < 4.78 is 5.42. The zero-order valence-corrected chi connectivity index (χ0v) is 14.9. The molecule has 1 aliphatic rings. The Bertz CT molecular complexity index is 522. The largest absolute Gasteiger partial charge is 0.444 e. The van der Waals surface area contributed by atoms with Crippen LogP contribution >= 0.6 is 11.3 Å². The lowest BCUT2D eigenvalue weighted by Crippen LogP contribution is -2.45. The summed E-state index contributed by atoms with van der Waals surface area (Å²) in [5, 5.41) is 6.95. The molecular formula is C17H26N2O3S. The molecule has 2 heterocycles. The highest BCUT2D eigenvalue weighted by atomic mass is 32.1. The van der Waals surface area contributed by atoms with Crippen LogP contribution in [0.3, 0.4) is 0 Å². The van der Waals surface area contributed by atoms with Gasteiger partial charge < -0.3 is 15.0 Å². The van der Waals surface area contributed by atoms with E-state index in [4.69, 9.17) is 4.74 Å². The van der Waals surface area contributed by atoms with Crippen molar-refractivity contribution in [1.29, 1.82) is 0 Å². The van der Waals surface area contributed by atoms with E-state index in [2.05, 4.69) is 5.32 Å². The smallest absolute Gasteiger partial charge is 0.410 e. The monoisotopic (exact) mass is 338 g/mol. The first-order valence-corrected chi connectivity index (χ1v) is 9.03. The molecule has 1 aromatic heterocycles. The van der Waals surface area contributed by atoms with Crippen LogP contribution in [0.2, 0.25) is 0 Å². The molecule has 1 fully saturated rings. The molecule has 0 bridgehead atoms. The van der Waals surface area contributed by atoms with E-state index in [1.807, 2.05) is 37.6 Å². The molecule has 5 nitrogen and oxygen atoms in total. The quantitative estimate of drug-likeness (QED) is 0.918. The zero-order chi connectivity index (χ0) is 16.9. The minimum atomic E-state index is -0.473. The lowest BCUT2D eigenvalue weighted by molar-refractivity contribution is -0.120. The van der Waals surface area contributed by atoms with Crippen molar-refractivity contribution in [3.63, 3.8) is 0 Å². The molecule has 0 saturated carbocycles. The highest BCUT2D eigenvalue weighted by molar-refractivity contribution is 7.07. The SMILES string of the molecule is CC(C)(C)OC(=O)N1CCC[C@@H](CNC(=O)Cc2ccsc2)C1. The maximum atomic E-state index is 12.1. The van der Waals surface area contributed by atoms with Gasteiger partial charge in [0, 0.05) is 19.6 Å². The number of thiophene rings is 1. The number of nitrogens with one attached hydrogen (secondary N) is 1. The van der Waals surface area contributed by atoms with Gasteiger partial charge in [0.25, 0.3) is 0 Å². The maximum absolute atomic E-state index is 12.1. The van der Waals surface area contributed by atoms with Crippen molar-refractivity contribution in [3.8, 4) is 0 Å². The summed E-state index contributed by atoms with van der Waals surface area (Å²) in [6.07, 6.45) is 2.14. The zero-order valence-electron chi connectivity index (χ0n) is 14.1. The molecule has 0 aliphatic carbocycles. The second-order valence-electron chi connectivity index (χ2n) is 7.05. The van der Waals surface area contributed by atoms with Crippen molar-refractivity contribution in [2.75, 3.05) is 19.6 Å². The molecule has 1 N–H and O–H groups in total. The molecule has 2 rings (SSSR count). The van der Waals surface area contributed by atoms with Crippen LogP contribution in [0.1, 0.15) is 39.2 Å². The van der Waals surface area contributed by atoms with Crippen molar-refractivity contribution in [3.05, 3.63) is 22.4 Å². The van der Waals surface area contributed by atoms with Gasteiger partial charge in [0.15, 0.2) is 0 Å². The third-order valence-corrected chi connectivity index (χ3v) is 4.44. The first-order chi connectivity index (χ1) is 10.8. The van der Waals surface area contributed by atoms with Crippen molar-refractivity contribution >= 4 is 23.3 Å². The van der Waals surface area contributed by atoms with Gasteiger partial charge in [-0.2, -0.15) is 11.3 Å². The second-order valence-corrected chi connectivity index (χ2v) is 7.83. The van der Waals surface area contributed by atoms with Crippen molar-refractivity contribution in [2.24, 2.45) is 5.92 Å². The van der Waals surface area contributed by atoms with Gasteiger partial charge in [-0.15, -0.1) is 0 Å². The summed E-state index contributed by atoms with van der Waals surface area (Å²) in [5.41, 5.74) is 0.574. The van der Waals surface area contributed by atoms with Crippen LogP contribution in [0.25, 0.3) is 0 Å². The summed E-state index contributed by atoms with van der Waals surface area (Å²) >= 11 is 1.60. The number of rotatable bonds is 4. The topological polar surface area (TPSA) is 58.6 Å². The Morgan fingerprint density at radius 2 is 2.22 bits per heavy atom. The fraction of sp³-hybridized carbons (Fsp3) is 0.647. The van der Waals surface area contributed by atoms with Gasteiger partial charge in [0.2, 0.25) is 5.91 Å². The minimum Gasteiger partial charge on any atom is -0.444 e. The van der Waals surface area contributed by atoms with Crippen LogP contribution in [0.5, 0.6) is 0 Å². The summed E-state index contributed by atoms with van der Waals surface area (Å²) in [7, 11) is 0. The van der Waals surface area contributed by atoms with Gasteiger partial charge in [-0.25, -0.2) is 4.79 Å². The molecule has 23 heavy (non-hydrogen) atoms. The minimum absolute atomic E-state index is 0.0396. The van der Waals surface area contributed by atoms with Crippen LogP contribution in [-0.2, 0) is 16.0 Å². The molecule has 1 aromatic rings. The van der Waals surface area contributed by atoms with E-state index in [0.29, 0.717) is 25.4 Å². The number of hydrogen-bond donors (Lipinski definition) is 1. The Hall–Kier alpha value is -1.56. The van der Waals surface area contributed by atoms with E-state index in [-0.39, 0.29) is 12.0 Å². The van der Waals surface area contributed by atoms with Crippen LogP contribution in [-0.4, -0.2) is 42.1 Å². The first-order valence-electron chi connectivity index (χ1n) is 8.09. The predicted molar refractivity (Wildman–Crippen MR) is 91.6 cm³/mol. The first kappa shape index (κ1) is 17.8. The Kier molecular flexibility index (Phi) is 6.04. The summed E-state index contributed by atoms with van der Waals surface area (Å²) in [6.45, 7) is 7.61. The predicted octanol–water partition coefficient (Wildman–Crippen LogP) is 3.05. The molecule has 0 spiro atoms. The molecule has 0 unspecified atom stereocenters. The summed E-state index contributed by atoms with van der Waals surface area (Å²) in [4.78, 5) is 25.8.